The van der Waals surface area contributed by atoms with Gasteiger partial charge in [0.15, 0.2) is 0 Å². The van der Waals surface area contributed by atoms with Crippen LogP contribution in [0.5, 0.6) is 11.8 Å². The van der Waals surface area contributed by atoms with Gasteiger partial charge in [-0.2, -0.15) is 0 Å². The Kier molecular flexibility index (Phi) is 3.06. The Labute approximate surface area is 127 Å². The summed E-state index contributed by atoms with van der Waals surface area (Å²) in [5, 5.41) is 18.8. The molecule has 0 radical (unpaired) electrons. The van der Waals surface area contributed by atoms with Crippen LogP contribution in [0.25, 0.3) is 0 Å². The number of carbonyl (C=O) groups is 1. The van der Waals surface area contributed by atoms with Crippen LogP contribution >= 0.6 is 0 Å². The molecule has 0 spiro atoms. The van der Waals surface area contributed by atoms with E-state index in [9.17, 15) is 15.0 Å². The second-order valence-corrected chi connectivity index (χ2v) is 6.45. The topological polar surface area (TPSA) is 80.9 Å². The third kappa shape index (κ3) is 2.42. The average molecular weight is 305 g/mol. The van der Waals surface area contributed by atoms with Gasteiger partial charge < -0.3 is 14.9 Å². The molecule has 22 heavy (non-hydrogen) atoms. The summed E-state index contributed by atoms with van der Waals surface area (Å²) in [6, 6.07) is 2.45. The Morgan fingerprint density at radius 2 is 1.91 bits per heavy atom. The molecule has 2 saturated carbocycles. The number of aromatic nitrogens is 1. The van der Waals surface area contributed by atoms with E-state index in [2.05, 4.69) is 6.08 Å². The number of nitrogens with zero attached hydrogens (tertiary/aromatic N) is 1. The van der Waals surface area contributed by atoms with Gasteiger partial charge in [0.2, 0.25) is 11.8 Å². The maximum Gasteiger partial charge on any atom is 0.533 e. The zero-order valence-corrected chi connectivity index (χ0v) is 12.1. The van der Waals surface area contributed by atoms with Gasteiger partial charge in [-0.05, 0) is 49.4 Å². The molecule has 0 bridgehead atoms. The monoisotopic (exact) mass is 305 g/mol. The highest BCUT2D eigenvalue weighted by Crippen LogP contribution is 2.57. The van der Waals surface area contributed by atoms with Gasteiger partial charge in [0.25, 0.3) is 0 Å². The highest BCUT2D eigenvalue weighted by Gasteiger charge is 2.51. The highest BCUT2D eigenvalue weighted by atomic mass is 16.8. The van der Waals surface area contributed by atoms with Gasteiger partial charge in [-0.1, -0.05) is 11.6 Å². The van der Waals surface area contributed by atoms with Crippen LogP contribution in [-0.2, 0) is 4.74 Å². The number of allylic oxidation sites excluding steroid dienone is 2. The lowest BCUT2D eigenvalue weighted by atomic mass is 10.0. The Hall–Kier alpha value is -2.11. The molecule has 0 aromatic carbocycles. The van der Waals surface area contributed by atoms with Gasteiger partial charge in [-0.25, -0.2) is 4.79 Å². The zero-order valence-electron chi connectivity index (χ0n) is 12.1. The van der Waals surface area contributed by atoms with Gasteiger partial charge in [-0.3, -0.25) is 4.84 Å². The Balaban J connectivity index is 1.26. The first kappa shape index (κ1) is 13.5. The van der Waals surface area contributed by atoms with Crippen LogP contribution in [0.15, 0.2) is 23.8 Å². The minimum atomic E-state index is -0.911. The molecule has 0 aliphatic heterocycles. The number of fused-ring (bicyclic) bond motifs is 2. The van der Waals surface area contributed by atoms with Crippen LogP contribution in [0.2, 0.25) is 0 Å². The molecule has 0 amide bonds. The van der Waals surface area contributed by atoms with Crippen LogP contribution < -0.4 is 4.84 Å². The normalized spacial score (nSPS) is 31.9. The minimum absolute atomic E-state index is 0.348. The first-order valence-corrected chi connectivity index (χ1v) is 7.79. The van der Waals surface area contributed by atoms with Crippen molar-refractivity contribution in [1.29, 1.82) is 0 Å². The Bertz CT molecular complexity index is 615. The van der Waals surface area contributed by atoms with Crippen LogP contribution in [0.3, 0.4) is 0 Å². The van der Waals surface area contributed by atoms with Crippen molar-refractivity contribution in [2.75, 3.05) is 6.61 Å². The predicted molar refractivity (Wildman–Crippen MR) is 76.2 cm³/mol. The summed E-state index contributed by atoms with van der Waals surface area (Å²) < 4.78 is 5.78. The molecule has 1 aromatic heterocycles. The van der Waals surface area contributed by atoms with E-state index < -0.39 is 6.16 Å². The van der Waals surface area contributed by atoms with Crippen molar-refractivity contribution in [3.05, 3.63) is 23.8 Å². The van der Waals surface area contributed by atoms with E-state index in [1.165, 1.54) is 37.8 Å². The number of hydrogen-bond acceptors (Lipinski definition) is 5. The molecular weight excluding hydrogens is 286 g/mol. The van der Waals surface area contributed by atoms with Crippen LogP contribution in [0.1, 0.15) is 25.7 Å². The summed E-state index contributed by atoms with van der Waals surface area (Å²) in [6.07, 6.45) is 6.29. The van der Waals surface area contributed by atoms with Crippen LogP contribution in [0, 0.1) is 23.7 Å². The summed E-state index contributed by atoms with van der Waals surface area (Å²) in [5.41, 5.74) is 1.61. The number of rotatable bonds is 3. The number of aromatic hydroxyl groups is 2. The minimum Gasteiger partial charge on any atom is -0.492 e. The molecule has 3 aliphatic carbocycles. The van der Waals surface area contributed by atoms with Gasteiger partial charge in [0, 0.05) is 12.1 Å². The van der Waals surface area contributed by atoms with E-state index in [1.54, 1.807) is 5.57 Å². The fourth-order valence-electron chi connectivity index (χ4n) is 3.84. The molecule has 1 aromatic rings. The number of ether oxygens (including phenoxy) is 1. The standard InChI is InChI=1S/C16H19NO5/c18-14-5-6-15(19)17(14)22-16(20)21-8-13-11-3-1-9-7-10(9)2-4-12(11)13/h5-7,9,11-13,18-19H,1-4,8H2. The molecule has 6 heteroatoms. The quantitative estimate of drug-likeness (QED) is 0.662. The molecule has 4 unspecified atom stereocenters. The van der Waals surface area contributed by atoms with E-state index >= 15 is 0 Å². The van der Waals surface area contributed by atoms with Crippen LogP contribution in [-0.4, -0.2) is 27.7 Å². The van der Waals surface area contributed by atoms with Crippen molar-refractivity contribution in [2.24, 2.45) is 23.7 Å². The second kappa shape index (κ2) is 4.97. The number of hydrogen-bond donors (Lipinski definition) is 2. The van der Waals surface area contributed by atoms with Gasteiger partial charge >= 0.3 is 6.16 Å². The fraction of sp³-hybridized carbons (Fsp3) is 0.562. The predicted octanol–water partition coefficient (Wildman–Crippen LogP) is 2.46. The van der Waals surface area contributed by atoms with E-state index in [4.69, 9.17) is 9.57 Å². The molecule has 4 atom stereocenters. The summed E-state index contributed by atoms with van der Waals surface area (Å²) in [5.74, 6) is 1.80. The Morgan fingerprint density at radius 3 is 2.68 bits per heavy atom. The van der Waals surface area contributed by atoms with Crippen molar-refractivity contribution in [3.8, 4) is 11.8 Å². The molecular formula is C16H19NO5. The van der Waals surface area contributed by atoms with E-state index in [1.807, 2.05) is 0 Å². The molecule has 3 aliphatic rings. The molecule has 2 N–H and O–H groups in total. The van der Waals surface area contributed by atoms with Crippen LogP contribution in [0.4, 0.5) is 4.79 Å². The zero-order chi connectivity index (χ0) is 15.3. The summed E-state index contributed by atoms with van der Waals surface area (Å²) in [4.78, 5) is 16.4. The molecule has 1 heterocycles. The fourth-order valence-corrected chi connectivity index (χ4v) is 3.84. The second-order valence-electron chi connectivity index (χ2n) is 6.45. The van der Waals surface area contributed by atoms with Crippen molar-refractivity contribution in [2.45, 2.75) is 25.7 Å². The van der Waals surface area contributed by atoms with E-state index in [0.717, 1.165) is 5.92 Å². The molecule has 118 valence electrons. The lowest BCUT2D eigenvalue weighted by molar-refractivity contribution is 0.0315. The van der Waals surface area contributed by atoms with E-state index in [0.29, 0.717) is 29.1 Å². The van der Waals surface area contributed by atoms with Crippen molar-refractivity contribution in [1.82, 2.24) is 4.73 Å². The maximum atomic E-state index is 11.7. The molecule has 2 fully saturated rings. The molecule has 4 rings (SSSR count). The van der Waals surface area contributed by atoms with Crippen molar-refractivity contribution in [3.63, 3.8) is 0 Å². The average Bonchev–Trinajstić information content (AvgIpc) is 3.34. The third-order valence-electron chi connectivity index (χ3n) is 5.23. The smallest absolute Gasteiger partial charge is 0.492 e. The highest BCUT2D eigenvalue weighted by molar-refractivity contribution is 5.60. The summed E-state index contributed by atoms with van der Waals surface area (Å²) in [7, 11) is 0. The van der Waals surface area contributed by atoms with E-state index in [-0.39, 0.29) is 11.8 Å². The SMILES string of the molecule is O=C(OCC1C2CCC3=CC3CCC21)On1c(O)ccc1O. The first-order chi connectivity index (χ1) is 10.6. The van der Waals surface area contributed by atoms with Gasteiger partial charge in [-0.15, -0.1) is 4.73 Å². The lowest BCUT2D eigenvalue weighted by Gasteiger charge is -2.07. The first-order valence-electron chi connectivity index (χ1n) is 7.79. The third-order valence-corrected chi connectivity index (χ3v) is 5.23. The lowest BCUT2D eigenvalue weighted by Crippen LogP contribution is -2.21. The van der Waals surface area contributed by atoms with Crippen molar-refractivity contribution < 1.29 is 24.6 Å². The molecule has 0 saturated heterocycles. The van der Waals surface area contributed by atoms with Crippen molar-refractivity contribution >= 4 is 6.16 Å². The molecule has 6 nitrogen and oxygen atoms in total. The Morgan fingerprint density at radius 1 is 1.18 bits per heavy atom. The largest absolute Gasteiger partial charge is 0.533 e. The number of carbonyl (C=O) groups excluding carboxylic acids is 1. The van der Waals surface area contributed by atoms with Gasteiger partial charge in [0.1, 0.15) is 0 Å². The van der Waals surface area contributed by atoms with Gasteiger partial charge in [0.05, 0.1) is 6.61 Å². The summed E-state index contributed by atoms with van der Waals surface area (Å²) in [6.45, 7) is 0.348. The summed E-state index contributed by atoms with van der Waals surface area (Å²) >= 11 is 0. The maximum absolute atomic E-state index is 11.7.